The highest BCUT2D eigenvalue weighted by Crippen LogP contribution is 2.41. The molecule has 0 aromatic rings. The van der Waals surface area contributed by atoms with E-state index >= 15 is 0 Å². The van der Waals surface area contributed by atoms with E-state index in [1.54, 1.807) is 4.90 Å². The summed E-state index contributed by atoms with van der Waals surface area (Å²) in [6, 6.07) is -0.148. The Bertz CT molecular complexity index is 423. The Hall–Kier alpha value is -0.820. The van der Waals surface area contributed by atoms with E-state index in [9.17, 15) is 18.0 Å². The van der Waals surface area contributed by atoms with Crippen LogP contribution in [0.3, 0.4) is 0 Å². The molecule has 0 aromatic carbocycles. The Morgan fingerprint density at radius 2 is 1.74 bits per heavy atom. The first-order valence-electron chi connectivity index (χ1n) is 8.57. The summed E-state index contributed by atoms with van der Waals surface area (Å²) in [6.07, 6.45) is -0.831. The fourth-order valence-electron chi connectivity index (χ4n) is 4.06. The van der Waals surface area contributed by atoms with Crippen molar-refractivity contribution in [3.63, 3.8) is 0 Å². The van der Waals surface area contributed by atoms with Gasteiger partial charge in [0.05, 0.1) is 25.2 Å². The van der Waals surface area contributed by atoms with Crippen LogP contribution in [0.1, 0.15) is 44.9 Å². The van der Waals surface area contributed by atoms with Gasteiger partial charge in [0.25, 0.3) is 0 Å². The van der Waals surface area contributed by atoms with Crippen molar-refractivity contribution in [3.05, 3.63) is 0 Å². The number of nitrogens with zero attached hydrogens (tertiary/aromatic N) is 1. The van der Waals surface area contributed by atoms with Crippen LogP contribution in [0.25, 0.3) is 0 Å². The van der Waals surface area contributed by atoms with E-state index in [0.717, 1.165) is 19.3 Å². The Morgan fingerprint density at radius 3 is 2.43 bits per heavy atom. The van der Waals surface area contributed by atoms with Crippen molar-refractivity contribution in [3.8, 4) is 0 Å². The van der Waals surface area contributed by atoms with Gasteiger partial charge in [-0.25, -0.2) is 0 Å². The molecule has 4 nitrogen and oxygen atoms in total. The third-order valence-electron chi connectivity index (χ3n) is 5.28. The Kier molecular flexibility index (Phi) is 5.16. The maximum atomic E-state index is 13.0. The van der Waals surface area contributed by atoms with Crippen LogP contribution >= 0.6 is 0 Å². The molecule has 3 atom stereocenters. The highest BCUT2D eigenvalue weighted by atomic mass is 19.4. The number of likely N-dealkylation sites (tertiary alicyclic amines) is 1. The third-order valence-corrected chi connectivity index (χ3v) is 5.28. The maximum Gasteiger partial charge on any atom is 0.391 e. The number of alkyl halides is 3. The lowest BCUT2D eigenvalue weighted by Crippen LogP contribution is -2.52. The molecule has 2 heterocycles. The highest BCUT2D eigenvalue weighted by Gasteiger charge is 2.45. The average molecular weight is 335 g/mol. The molecular weight excluding hydrogens is 311 g/mol. The van der Waals surface area contributed by atoms with E-state index in [1.165, 1.54) is 0 Å². The van der Waals surface area contributed by atoms with Gasteiger partial charge in [0.1, 0.15) is 0 Å². The van der Waals surface area contributed by atoms with E-state index in [1.807, 2.05) is 0 Å². The summed E-state index contributed by atoms with van der Waals surface area (Å²) in [5.74, 6) is -1.99. The van der Waals surface area contributed by atoms with Crippen molar-refractivity contribution in [2.24, 2.45) is 11.8 Å². The van der Waals surface area contributed by atoms with Crippen LogP contribution in [0.5, 0.6) is 0 Å². The van der Waals surface area contributed by atoms with Gasteiger partial charge in [-0.2, -0.15) is 13.2 Å². The van der Waals surface area contributed by atoms with Gasteiger partial charge in [-0.3, -0.25) is 4.79 Å². The molecule has 2 saturated heterocycles. The molecule has 0 radical (unpaired) electrons. The molecule has 0 aromatic heterocycles. The molecular formula is C16H24F3NO3. The van der Waals surface area contributed by atoms with E-state index in [4.69, 9.17) is 9.47 Å². The standard InChI is InChI=1S/C16H24F3NO3/c17-16(18,19)12-5-3-4-11(10-12)14(21)20-7-2-1-6-13(20)15-22-8-9-23-15/h11-13,15H,1-10H2. The molecule has 1 saturated carbocycles. The number of amides is 1. The minimum Gasteiger partial charge on any atom is -0.348 e. The second kappa shape index (κ2) is 6.97. The molecule has 0 N–H and O–H groups in total. The topological polar surface area (TPSA) is 38.8 Å². The number of carbonyl (C=O) groups excluding carboxylic acids is 1. The molecule has 3 fully saturated rings. The lowest BCUT2D eigenvalue weighted by molar-refractivity contribution is -0.189. The summed E-state index contributed by atoms with van der Waals surface area (Å²) in [5.41, 5.74) is 0. The van der Waals surface area contributed by atoms with Crippen molar-refractivity contribution >= 4 is 5.91 Å². The molecule has 1 aliphatic carbocycles. The number of piperidine rings is 1. The monoisotopic (exact) mass is 335 g/mol. The lowest BCUT2D eigenvalue weighted by atomic mass is 9.80. The van der Waals surface area contributed by atoms with Crippen molar-refractivity contribution < 1.29 is 27.4 Å². The quantitative estimate of drug-likeness (QED) is 0.778. The summed E-state index contributed by atoms with van der Waals surface area (Å²) in [6.45, 7) is 1.63. The van der Waals surface area contributed by atoms with Crippen LogP contribution in [0.15, 0.2) is 0 Å². The molecule has 0 spiro atoms. The van der Waals surface area contributed by atoms with Gasteiger partial charge in [-0.15, -0.1) is 0 Å². The number of hydrogen-bond acceptors (Lipinski definition) is 3. The van der Waals surface area contributed by atoms with Gasteiger partial charge in [0, 0.05) is 12.5 Å². The second-order valence-electron chi connectivity index (χ2n) is 6.81. The molecule has 3 unspecified atom stereocenters. The lowest BCUT2D eigenvalue weighted by Gasteiger charge is -2.41. The van der Waals surface area contributed by atoms with Crippen LogP contribution in [-0.2, 0) is 14.3 Å². The molecule has 0 bridgehead atoms. The largest absolute Gasteiger partial charge is 0.391 e. The molecule has 23 heavy (non-hydrogen) atoms. The van der Waals surface area contributed by atoms with E-state index in [2.05, 4.69) is 0 Å². The van der Waals surface area contributed by atoms with Crippen LogP contribution < -0.4 is 0 Å². The summed E-state index contributed by atoms with van der Waals surface area (Å²) >= 11 is 0. The predicted molar refractivity (Wildman–Crippen MR) is 76.5 cm³/mol. The Balaban J connectivity index is 1.67. The molecule has 2 aliphatic heterocycles. The van der Waals surface area contributed by atoms with Crippen LogP contribution in [0.4, 0.5) is 13.2 Å². The van der Waals surface area contributed by atoms with Gasteiger partial charge in [-0.1, -0.05) is 6.42 Å². The predicted octanol–water partition coefficient (Wildman–Crippen LogP) is 3.11. The molecule has 3 aliphatic rings. The highest BCUT2D eigenvalue weighted by molar-refractivity contribution is 5.79. The summed E-state index contributed by atoms with van der Waals surface area (Å²) in [7, 11) is 0. The fraction of sp³-hybridized carbons (Fsp3) is 0.938. The first kappa shape index (κ1) is 17.0. The normalized spacial score (nSPS) is 33.9. The third kappa shape index (κ3) is 3.82. The van der Waals surface area contributed by atoms with Gasteiger partial charge in [0.15, 0.2) is 6.29 Å². The number of hydrogen-bond donors (Lipinski definition) is 0. The number of rotatable bonds is 2. The number of carbonyl (C=O) groups is 1. The van der Waals surface area contributed by atoms with E-state index in [-0.39, 0.29) is 24.8 Å². The van der Waals surface area contributed by atoms with Gasteiger partial charge in [0.2, 0.25) is 5.91 Å². The van der Waals surface area contributed by atoms with Crippen molar-refractivity contribution in [1.82, 2.24) is 4.90 Å². The van der Waals surface area contributed by atoms with E-state index in [0.29, 0.717) is 32.6 Å². The molecule has 1 amide bonds. The minimum absolute atomic E-state index is 0.0715. The number of halogens is 3. The van der Waals surface area contributed by atoms with Crippen molar-refractivity contribution in [2.45, 2.75) is 63.5 Å². The SMILES string of the molecule is O=C(C1CCCC(C(F)(F)F)C1)N1CCCCC1C1OCCO1. The smallest absolute Gasteiger partial charge is 0.348 e. The summed E-state index contributed by atoms with van der Waals surface area (Å²) in [5, 5.41) is 0. The van der Waals surface area contributed by atoms with Gasteiger partial charge >= 0.3 is 6.18 Å². The number of ether oxygens (including phenoxy) is 2. The van der Waals surface area contributed by atoms with Crippen LogP contribution in [0, 0.1) is 11.8 Å². The zero-order chi connectivity index (χ0) is 16.4. The average Bonchev–Trinajstić information content (AvgIpc) is 3.08. The summed E-state index contributed by atoms with van der Waals surface area (Å²) in [4.78, 5) is 14.6. The van der Waals surface area contributed by atoms with Crippen LogP contribution in [-0.4, -0.2) is 49.1 Å². The van der Waals surface area contributed by atoms with E-state index < -0.39 is 24.3 Å². The fourth-order valence-corrected chi connectivity index (χ4v) is 4.06. The van der Waals surface area contributed by atoms with Gasteiger partial charge < -0.3 is 14.4 Å². The second-order valence-corrected chi connectivity index (χ2v) is 6.81. The van der Waals surface area contributed by atoms with Crippen LogP contribution in [0.2, 0.25) is 0 Å². The van der Waals surface area contributed by atoms with Crippen molar-refractivity contribution in [2.75, 3.05) is 19.8 Å². The minimum atomic E-state index is -4.20. The zero-order valence-corrected chi connectivity index (χ0v) is 13.2. The molecule has 3 rings (SSSR count). The first-order chi connectivity index (χ1) is 11.0. The summed E-state index contributed by atoms with van der Waals surface area (Å²) < 4.78 is 50.0. The first-order valence-corrected chi connectivity index (χ1v) is 8.57. The Labute approximate surface area is 134 Å². The maximum absolute atomic E-state index is 13.0. The zero-order valence-electron chi connectivity index (χ0n) is 13.2. The molecule has 7 heteroatoms. The molecule has 132 valence electrons. The van der Waals surface area contributed by atoms with Crippen molar-refractivity contribution in [1.29, 1.82) is 0 Å². The van der Waals surface area contributed by atoms with Gasteiger partial charge in [-0.05, 0) is 38.5 Å². The Morgan fingerprint density at radius 1 is 1.00 bits per heavy atom.